The van der Waals surface area contributed by atoms with Gasteiger partial charge in [0.05, 0.1) is 32.6 Å². The fourth-order valence-electron chi connectivity index (χ4n) is 4.02. The molecule has 0 atom stereocenters. The van der Waals surface area contributed by atoms with E-state index in [0.29, 0.717) is 21.1 Å². The summed E-state index contributed by atoms with van der Waals surface area (Å²) in [6, 6.07) is 24.7. The second-order valence-corrected chi connectivity index (χ2v) is 11.5. The number of nitriles is 1. The van der Waals surface area contributed by atoms with E-state index in [9.17, 15) is 20.0 Å². The van der Waals surface area contributed by atoms with Gasteiger partial charge in [-0.3, -0.25) is 14.2 Å². The average Bonchev–Trinajstić information content (AvgIpc) is 3.40. The highest BCUT2D eigenvalue weighted by Crippen LogP contribution is 2.31. The molecule has 5 aromatic rings. The molecule has 2 heterocycles. The number of amides is 1. The van der Waals surface area contributed by atoms with Crippen LogP contribution in [-0.4, -0.2) is 50.8 Å². The predicted octanol–water partition coefficient (Wildman–Crippen LogP) is 6.41. The Bertz CT molecular complexity index is 1800. The first-order valence-corrected chi connectivity index (χ1v) is 14.6. The summed E-state index contributed by atoms with van der Waals surface area (Å²) >= 11 is 2.57. The van der Waals surface area contributed by atoms with Crippen LogP contribution in [0.2, 0.25) is 0 Å². The van der Waals surface area contributed by atoms with Crippen molar-refractivity contribution in [2.45, 2.75) is 24.9 Å². The smallest absolute Gasteiger partial charge is 0.266 e. The topological polar surface area (TPSA) is 112 Å². The van der Waals surface area contributed by atoms with Gasteiger partial charge in [0.1, 0.15) is 22.4 Å². The summed E-state index contributed by atoms with van der Waals surface area (Å²) in [5.74, 6) is 0.149. The fourth-order valence-corrected chi connectivity index (χ4v) is 5.89. The van der Waals surface area contributed by atoms with Gasteiger partial charge in [0.15, 0.2) is 5.16 Å². The van der Waals surface area contributed by atoms with Crippen molar-refractivity contribution in [2.24, 2.45) is 0 Å². The van der Waals surface area contributed by atoms with E-state index in [1.54, 1.807) is 30.8 Å². The highest BCUT2D eigenvalue weighted by molar-refractivity contribution is 7.99. The number of thiazole rings is 1. The summed E-state index contributed by atoms with van der Waals surface area (Å²) in [4.78, 5) is 33.8. The Morgan fingerprint density at radius 1 is 1.05 bits per heavy atom. The summed E-state index contributed by atoms with van der Waals surface area (Å²) in [5, 5.41) is 22.2. The molecule has 8 nitrogen and oxygen atoms in total. The average molecular weight is 584 g/mol. The summed E-state index contributed by atoms with van der Waals surface area (Å²) in [6.07, 6.45) is 0.750. The second kappa shape index (κ2) is 13.3. The Morgan fingerprint density at radius 2 is 1.68 bits per heavy atom. The van der Waals surface area contributed by atoms with Gasteiger partial charge in [0.25, 0.3) is 5.56 Å². The molecule has 10 heteroatoms. The van der Waals surface area contributed by atoms with E-state index in [2.05, 4.69) is 24.9 Å². The van der Waals surface area contributed by atoms with Crippen molar-refractivity contribution in [2.75, 3.05) is 19.8 Å². The van der Waals surface area contributed by atoms with E-state index in [0.717, 1.165) is 27.9 Å². The number of benzene rings is 3. The highest BCUT2D eigenvalue weighted by Gasteiger charge is 2.19. The van der Waals surface area contributed by atoms with Gasteiger partial charge in [-0.1, -0.05) is 68.1 Å². The van der Waals surface area contributed by atoms with Crippen molar-refractivity contribution in [1.29, 1.82) is 5.26 Å². The molecule has 0 aliphatic carbocycles. The number of hydrogen-bond acceptors (Lipinski definition) is 8. The monoisotopic (exact) mass is 583 g/mol. The Hall–Kier alpha value is -4.46. The number of fused-ring (bicyclic) bond motifs is 2. The first kappa shape index (κ1) is 29.5. The van der Waals surface area contributed by atoms with Crippen LogP contribution in [0.3, 0.4) is 0 Å². The lowest BCUT2D eigenvalue weighted by molar-refractivity contribution is -0.115. The zero-order chi connectivity index (χ0) is 29.5. The lowest BCUT2D eigenvalue weighted by atomic mass is 10.0. The molecule has 2 aromatic heterocycles. The van der Waals surface area contributed by atoms with Gasteiger partial charge in [0, 0.05) is 14.1 Å². The minimum atomic E-state index is -0.175. The molecule has 0 saturated heterocycles. The van der Waals surface area contributed by atoms with Crippen molar-refractivity contribution in [3.8, 4) is 11.8 Å². The number of carbonyl (C=O) groups excluding carboxylic acids is 1. The summed E-state index contributed by atoms with van der Waals surface area (Å²) < 4.78 is 2.55. The largest absolute Gasteiger partial charge is 0.510 e. The maximum absolute atomic E-state index is 13.7. The van der Waals surface area contributed by atoms with Crippen LogP contribution in [0, 0.1) is 11.3 Å². The number of rotatable bonds is 7. The Labute approximate surface area is 246 Å². The third-order valence-corrected chi connectivity index (χ3v) is 8.01. The second-order valence-electron chi connectivity index (χ2n) is 9.54. The van der Waals surface area contributed by atoms with Crippen molar-refractivity contribution in [3.05, 3.63) is 99.5 Å². The molecular weight excluding hydrogens is 555 g/mol. The quantitative estimate of drug-likeness (QED) is 0.0775. The van der Waals surface area contributed by atoms with Crippen molar-refractivity contribution in [1.82, 2.24) is 19.4 Å². The third-order valence-electron chi connectivity index (χ3n) is 6.00. The maximum atomic E-state index is 13.7. The third kappa shape index (κ3) is 6.65. The number of thioether (sulfide) groups is 1. The van der Waals surface area contributed by atoms with Crippen molar-refractivity contribution < 1.29 is 9.90 Å². The zero-order valence-electron chi connectivity index (χ0n) is 23.1. The van der Waals surface area contributed by atoms with E-state index in [1.165, 1.54) is 28.0 Å². The predicted molar refractivity (Wildman–Crippen MR) is 167 cm³/mol. The van der Waals surface area contributed by atoms with Crippen molar-refractivity contribution >= 4 is 56.2 Å². The number of allylic oxidation sites excluding steroid dienone is 1. The molecular formula is C31H29N5O3S2. The van der Waals surface area contributed by atoms with E-state index >= 15 is 0 Å². The molecule has 0 bridgehead atoms. The van der Waals surface area contributed by atoms with Gasteiger partial charge >= 0.3 is 0 Å². The lowest BCUT2D eigenvalue weighted by Gasteiger charge is -2.18. The normalized spacial score (nSPS) is 11.5. The molecule has 1 amide bonds. The van der Waals surface area contributed by atoms with Gasteiger partial charge in [-0.2, -0.15) is 5.26 Å². The number of hydrogen-bond donors (Lipinski definition) is 1. The SMILES string of the molecule is CC(C)c1ccccc1-n1c(SC/C(O)=C(\C#N)c2nc3ccccc3s2)nc2ccccc2c1=O.CN(C)C=O. The number of aliphatic hydroxyl groups is 1. The number of carbonyl (C=O) groups is 1. The molecule has 5 rings (SSSR count). The maximum Gasteiger partial charge on any atom is 0.266 e. The number of aromatic nitrogens is 3. The van der Waals surface area contributed by atoms with Crippen molar-refractivity contribution in [3.63, 3.8) is 0 Å². The van der Waals surface area contributed by atoms with E-state index in [1.807, 2.05) is 60.7 Å². The minimum Gasteiger partial charge on any atom is -0.510 e. The molecule has 0 aliphatic heterocycles. The molecule has 0 fully saturated rings. The van der Waals surface area contributed by atoms with E-state index in [4.69, 9.17) is 4.98 Å². The van der Waals surface area contributed by atoms with Crippen LogP contribution in [0.25, 0.3) is 32.4 Å². The number of para-hydroxylation sites is 3. The summed E-state index contributed by atoms with van der Waals surface area (Å²) in [5.41, 5.74) is 3.09. The Balaban J connectivity index is 0.000000714. The Kier molecular flexibility index (Phi) is 9.55. The minimum absolute atomic E-state index is 0.0629. The van der Waals surface area contributed by atoms with Crippen LogP contribution < -0.4 is 5.56 Å². The van der Waals surface area contributed by atoms with E-state index < -0.39 is 0 Å². The first-order valence-electron chi connectivity index (χ1n) is 12.8. The standard InChI is InChI=1S/C28H22N4O2S2.C3H7NO/c1-17(2)18-9-4-7-13-23(18)32-27(34)19-10-3-5-11-21(19)31-28(32)35-16-24(33)20(15-29)26-30-22-12-6-8-14-25(22)36-26;1-4(2)3-5/h3-14,17,33H,16H2,1-2H3;3H,1-2H3/b24-20-;. The highest BCUT2D eigenvalue weighted by atomic mass is 32.2. The van der Waals surface area contributed by atoms with Crippen LogP contribution in [0.15, 0.2) is 88.5 Å². The van der Waals surface area contributed by atoms with Gasteiger partial charge in [-0.05, 0) is 41.8 Å². The first-order chi connectivity index (χ1) is 19.7. The summed E-state index contributed by atoms with van der Waals surface area (Å²) in [6.45, 7) is 4.16. The molecule has 0 saturated carbocycles. The van der Waals surface area contributed by atoms with Gasteiger partial charge in [-0.25, -0.2) is 9.97 Å². The molecule has 0 radical (unpaired) electrons. The summed E-state index contributed by atoms with van der Waals surface area (Å²) in [7, 11) is 3.38. The van der Waals surface area contributed by atoms with Crippen LogP contribution in [0.5, 0.6) is 0 Å². The fraction of sp³-hybridized carbons (Fsp3) is 0.194. The van der Waals surface area contributed by atoms with Crippen LogP contribution in [-0.2, 0) is 4.79 Å². The van der Waals surface area contributed by atoms with Crippen LogP contribution in [0.4, 0.5) is 0 Å². The van der Waals surface area contributed by atoms with E-state index in [-0.39, 0.29) is 28.6 Å². The number of nitrogens with zero attached hydrogens (tertiary/aromatic N) is 5. The molecule has 208 valence electrons. The van der Waals surface area contributed by atoms with Crippen LogP contribution >= 0.6 is 23.1 Å². The zero-order valence-corrected chi connectivity index (χ0v) is 24.7. The van der Waals surface area contributed by atoms with Gasteiger partial charge in [-0.15, -0.1) is 11.3 Å². The molecule has 0 spiro atoms. The number of aliphatic hydroxyl groups excluding tert-OH is 1. The van der Waals surface area contributed by atoms with Crippen LogP contribution in [0.1, 0.15) is 30.3 Å². The van der Waals surface area contributed by atoms with Gasteiger partial charge in [0.2, 0.25) is 6.41 Å². The molecule has 3 aromatic carbocycles. The molecule has 41 heavy (non-hydrogen) atoms. The molecule has 0 unspecified atom stereocenters. The van der Waals surface area contributed by atoms with Gasteiger partial charge < -0.3 is 10.0 Å². The molecule has 1 N–H and O–H groups in total. The lowest BCUT2D eigenvalue weighted by Crippen LogP contribution is -2.23. The Morgan fingerprint density at radius 3 is 2.34 bits per heavy atom. The molecule has 0 aliphatic rings.